The van der Waals surface area contributed by atoms with Crippen molar-refractivity contribution in [3.63, 3.8) is 0 Å². The van der Waals surface area contributed by atoms with Crippen molar-refractivity contribution in [2.75, 3.05) is 20.2 Å². The SMILES string of the molecule is COC(=O)N1CCc2c(C)noc2C1CCN. The second-order valence-corrected chi connectivity index (χ2v) is 4.12. The third kappa shape index (κ3) is 2.00. The highest BCUT2D eigenvalue weighted by atomic mass is 16.5. The zero-order valence-electron chi connectivity index (χ0n) is 10.1. The second kappa shape index (κ2) is 4.75. The van der Waals surface area contributed by atoms with Gasteiger partial charge in [-0.1, -0.05) is 5.16 Å². The van der Waals surface area contributed by atoms with Crippen LogP contribution in [0.25, 0.3) is 0 Å². The van der Waals surface area contributed by atoms with Crippen molar-refractivity contribution in [1.29, 1.82) is 0 Å². The Labute approximate surface area is 99.7 Å². The third-order valence-corrected chi connectivity index (χ3v) is 3.15. The monoisotopic (exact) mass is 239 g/mol. The van der Waals surface area contributed by atoms with Gasteiger partial charge in [-0.2, -0.15) is 0 Å². The smallest absolute Gasteiger partial charge is 0.410 e. The first kappa shape index (κ1) is 11.9. The van der Waals surface area contributed by atoms with Crippen LogP contribution < -0.4 is 5.73 Å². The summed E-state index contributed by atoms with van der Waals surface area (Å²) in [5.74, 6) is 0.754. The van der Waals surface area contributed by atoms with Gasteiger partial charge in [0.1, 0.15) is 0 Å². The van der Waals surface area contributed by atoms with Crippen LogP contribution in [-0.2, 0) is 11.2 Å². The van der Waals surface area contributed by atoms with Gasteiger partial charge < -0.3 is 15.0 Å². The van der Waals surface area contributed by atoms with Crippen LogP contribution in [0.2, 0.25) is 0 Å². The molecule has 6 nitrogen and oxygen atoms in total. The van der Waals surface area contributed by atoms with Crippen molar-refractivity contribution in [3.8, 4) is 0 Å². The Hall–Kier alpha value is -1.56. The lowest BCUT2D eigenvalue weighted by Gasteiger charge is -2.32. The normalized spacial score (nSPS) is 19.0. The van der Waals surface area contributed by atoms with Crippen LogP contribution in [0.5, 0.6) is 0 Å². The van der Waals surface area contributed by atoms with E-state index in [1.807, 2.05) is 6.92 Å². The van der Waals surface area contributed by atoms with Gasteiger partial charge in [-0.15, -0.1) is 0 Å². The molecule has 0 saturated carbocycles. The molecular weight excluding hydrogens is 222 g/mol. The predicted molar refractivity (Wildman–Crippen MR) is 60.5 cm³/mol. The molecule has 0 aliphatic carbocycles. The van der Waals surface area contributed by atoms with Crippen LogP contribution in [0.1, 0.15) is 29.5 Å². The predicted octanol–water partition coefficient (Wildman–Crippen LogP) is 0.997. The fraction of sp³-hybridized carbons (Fsp3) is 0.636. The maximum Gasteiger partial charge on any atom is 0.410 e. The topological polar surface area (TPSA) is 81.6 Å². The summed E-state index contributed by atoms with van der Waals surface area (Å²) in [5, 5.41) is 3.96. The van der Waals surface area contributed by atoms with Crippen LogP contribution in [0.3, 0.4) is 0 Å². The van der Waals surface area contributed by atoms with Gasteiger partial charge in [0.2, 0.25) is 0 Å². The summed E-state index contributed by atoms with van der Waals surface area (Å²) in [4.78, 5) is 13.3. The highest BCUT2D eigenvalue weighted by Gasteiger charge is 2.35. The highest BCUT2D eigenvalue weighted by molar-refractivity contribution is 5.68. The lowest BCUT2D eigenvalue weighted by atomic mass is 9.97. The van der Waals surface area contributed by atoms with Crippen LogP contribution in [0, 0.1) is 6.92 Å². The molecule has 1 aromatic rings. The fourth-order valence-electron chi connectivity index (χ4n) is 2.28. The molecule has 6 heteroatoms. The maximum absolute atomic E-state index is 11.7. The number of aromatic nitrogens is 1. The van der Waals surface area contributed by atoms with E-state index in [9.17, 15) is 4.79 Å². The van der Waals surface area contributed by atoms with E-state index in [2.05, 4.69) is 5.16 Å². The summed E-state index contributed by atoms with van der Waals surface area (Å²) in [6, 6.07) is -0.155. The molecule has 2 heterocycles. The first-order chi connectivity index (χ1) is 8.19. The molecule has 2 rings (SSSR count). The molecule has 1 atom stereocenters. The number of carbonyl (C=O) groups excluding carboxylic acids is 1. The number of aryl methyl sites for hydroxylation is 1. The van der Waals surface area contributed by atoms with Crippen molar-refractivity contribution in [2.24, 2.45) is 5.73 Å². The van der Waals surface area contributed by atoms with E-state index < -0.39 is 0 Å². The van der Waals surface area contributed by atoms with Crippen LogP contribution >= 0.6 is 0 Å². The number of carbonyl (C=O) groups is 1. The zero-order valence-corrected chi connectivity index (χ0v) is 10.1. The summed E-state index contributed by atoms with van der Waals surface area (Å²) in [6.07, 6.45) is 1.06. The summed E-state index contributed by atoms with van der Waals surface area (Å²) < 4.78 is 10.1. The molecular formula is C11H17N3O3. The molecule has 1 amide bonds. The first-order valence-corrected chi connectivity index (χ1v) is 5.68. The summed E-state index contributed by atoms with van der Waals surface area (Å²) >= 11 is 0. The van der Waals surface area contributed by atoms with Gasteiger partial charge in [-0.3, -0.25) is 4.90 Å². The van der Waals surface area contributed by atoms with Crippen molar-refractivity contribution in [2.45, 2.75) is 25.8 Å². The van der Waals surface area contributed by atoms with E-state index in [0.717, 1.165) is 23.4 Å². The molecule has 94 valence electrons. The molecule has 1 aliphatic heterocycles. The molecule has 0 fully saturated rings. The van der Waals surface area contributed by atoms with Crippen LogP contribution in [0.15, 0.2) is 4.52 Å². The number of rotatable bonds is 2. The number of amides is 1. The first-order valence-electron chi connectivity index (χ1n) is 5.68. The van der Waals surface area contributed by atoms with Gasteiger partial charge in [-0.25, -0.2) is 4.79 Å². The quantitative estimate of drug-likeness (QED) is 0.832. The lowest BCUT2D eigenvalue weighted by molar-refractivity contribution is 0.0896. The van der Waals surface area contributed by atoms with Gasteiger partial charge in [0, 0.05) is 12.1 Å². The lowest BCUT2D eigenvalue weighted by Crippen LogP contribution is -2.40. The Morgan fingerprint density at radius 3 is 3.12 bits per heavy atom. The molecule has 0 bridgehead atoms. The third-order valence-electron chi connectivity index (χ3n) is 3.15. The number of nitrogens with two attached hydrogens (primary N) is 1. The number of ether oxygens (including phenoxy) is 1. The molecule has 0 saturated heterocycles. The van der Waals surface area contributed by atoms with Crippen LogP contribution in [-0.4, -0.2) is 36.3 Å². The Morgan fingerprint density at radius 2 is 2.47 bits per heavy atom. The molecule has 17 heavy (non-hydrogen) atoms. The number of methoxy groups -OCH3 is 1. The molecule has 1 aromatic heterocycles. The van der Waals surface area contributed by atoms with E-state index in [-0.39, 0.29) is 12.1 Å². The minimum absolute atomic E-state index is 0.155. The van der Waals surface area contributed by atoms with Crippen molar-refractivity contribution in [1.82, 2.24) is 10.1 Å². The van der Waals surface area contributed by atoms with Gasteiger partial charge in [0.25, 0.3) is 0 Å². The van der Waals surface area contributed by atoms with Gasteiger partial charge in [-0.05, 0) is 26.3 Å². The van der Waals surface area contributed by atoms with E-state index in [4.69, 9.17) is 15.0 Å². The molecule has 0 aromatic carbocycles. The van der Waals surface area contributed by atoms with Crippen molar-refractivity contribution < 1.29 is 14.1 Å². The van der Waals surface area contributed by atoms with E-state index in [0.29, 0.717) is 19.5 Å². The maximum atomic E-state index is 11.7. The van der Waals surface area contributed by atoms with Gasteiger partial charge in [0.05, 0.1) is 18.8 Å². The van der Waals surface area contributed by atoms with Crippen LogP contribution in [0.4, 0.5) is 4.79 Å². The molecule has 2 N–H and O–H groups in total. The Bertz CT molecular complexity index is 416. The van der Waals surface area contributed by atoms with Gasteiger partial charge >= 0.3 is 6.09 Å². The minimum Gasteiger partial charge on any atom is -0.453 e. The molecule has 0 spiro atoms. The molecule has 0 radical (unpaired) electrons. The van der Waals surface area contributed by atoms with E-state index >= 15 is 0 Å². The van der Waals surface area contributed by atoms with E-state index in [1.165, 1.54) is 7.11 Å². The van der Waals surface area contributed by atoms with Crippen molar-refractivity contribution in [3.05, 3.63) is 17.0 Å². The summed E-state index contributed by atoms with van der Waals surface area (Å²) in [7, 11) is 1.38. The summed E-state index contributed by atoms with van der Waals surface area (Å²) in [6.45, 7) is 3.01. The Morgan fingerprint density at radius 1 is 1.71 bits per heavy atom. The number of hydrogen-bond acceptors (Lipinski definition) is 5. The largest absolute Gasteiger partial charge is 0.453 e. The highest BCUT2D eigenvalue weighted by Crippen LogP contribution is 2.33. The van der Waals surface area contributed by atoms with E-state index in [1.54, 1.807) is 4.90 Å². The zero-order chi connectivity index (χ0) is 12.4. The average Bonchev–Trinajstić information content (AvgIpc) is 2.71. The number of nitrogens with zero attached hydrogens (tertiary/aromatic N) is 2. The molecule has 1 unspecified atom stereocenters. The summed E-state index contributed by atoms with van der Waals surface area (Å²) in [5.41, 5.74) is 7.58. The standard InChI is InChI=1S/C11H17N3O3/c1-7-8-4-6-14(11(15)16-2)9(3-5-12)10(8)17-13-7/h9H,3-6,12H2,1-2H3. The van der Waals surface area contributed by atoms with Gasteiger partial charge in [0.15, 0.2) is 5.76 Å². The van der Waals surface area contributed by atoms with Crippen molar-refractivity contribution >= 4 is 6.09 Å². The fourth-order valence-corrected chi connectivity index (χ4v) is 2.28. The number of hydrogen-bond donors (Lipinski definition) is 1. The average molecular weight is 239 g/mol. The Kier molecular flexibility index (Phi) is 3.33. The molecule has 1 aliphatic rings. The Balaban J connectivity index is 2.32. The second-order valence-electron chi connectivity index (χ2n) is 4.12. The number of fused-ring (bicyclic) bond motifs is 1. The minimum atomic E-state index is -0.344.